The van der Waals surface area contributed by atoms with Gasteiger partial charge in [-0.3, -0.25) is 0 Å². The first-order valence-corrected chi connectivity index (χ1v) is 10.9. The molecule has 13 heteroatoms. The summed E-state index contributed by atoms with van der Waals surface area (Å²) in [5.74, 6) is -1.07. The van der Waals surface area contributed by atoms with Crippen molar-refractivity contribution in [3.8, 4) is 0 Å². The highest BCUT2D eigenvalue weighted by atomic mass is 32.2. The summed E-state index contributed by atoms with van der Waals surface area (Å²) in [6, 6.07) is 11.0. The highest BCUT2D eigenvalue weighted by Gasteiger charge is 2.12. The van der Waals surface area contributed by atoms with Crippen LogP contribution < -0.4 is 20.9 Å². The van der Waals surface area contributed by atoms with Crippen LogP contribution in [0.3, 0.4) is 0 Å². The molecule has 0 radical (unpaired) electrons. The van der Waals surface area contributed by atoms with Crippen molar-refractivity contribution in [2.45, 2.75) is 9.79 Å². The molecule has 0 aliphatic rings. The second-order valence-corrected chi connectivity index (χ2v) is 8.91. The van der Waals surface area contributed by atoms with Gasteiger partial charge in [0.2, 0.25) is 26.0 Å². The lowest BCUT2D eigenvalue weighted by Crippen LogP contribution is -2.12. The van der Waals surface area contributed by atoms with Crippen LogP contribution in [-0.4, -0.2) is 26.8 Å². The van der Waals surface area contributed by atoms with Crippen LogP contribution in [0, 0.1) is 5.82 Å². The number of nitrogens with two attached hydrogens (primary N) is 2. The van der Waals surface area contributed by atoms with Gasteiger partial charge in [-0.05, 0) is 36.4 Å². The number of hydrogen-bond donors (Lipinski definition) is 4. The molecule has 2 aromatic carbocycles. The number of aromatic nitrogens is 2. The van der Waals surface area contributed by atoms with E-state index in [9.17, 15) is 21.2 Å². The Kier molecular flexibility index (Phi) is 5.48. The fourth-order valence-electron chi connectivity index (χ4n) is 2.28. The molecule has 0 atom stereocenters. The van der Waals surface area contributed by atoms with E-state index < -0.39 is 25.9 Å². The summed E-state index contributed by atoms with van der Waals surface area (Å²) in [5.41, 5.74) is 0.543. The molecule has 6 N–H and O–H groups in total. The normalized spacial score (nSPS) is 11.8. The summed E-state index contributed by atoms with van der Waals surface area (Å²) in [4.78, 5) is 7.49. The van der Waals surface area contributed by atoms with Gasteiger partial charge in [-0.15, -0.1) is 0 Å². The van der Waals surface area contributed by atoms with Crippen LogP contribution in [0.5, 0.6) is 0 Å². The van der Waals surface area contributed by atoms with E-state index >= 15 is 0 Å². The van der Waals surface area contributed by atoms with Crippen LogP contribution in [0.15, 0.2) is 64.5 Å². The Morgan fingerprint density at radius 2 is 1.34 bits per heavy atom. The molecule has 0 saturated heterocycles. The van der Waals surface area contributed by atoms with E-state index in [2.05, 4.69) is 20.6 Å². The number of nitrogens with zero attached hydrogens (tertiary/aromatic N) is 2. The van der Waals surface area contributed by atoms with Gasteiger partial charge in [0.15, 0.2) is 11.6 Å². The molecular weight excluding hydrogens is 423 g/mol. The third-order valence-corrected chi connectivity index (χ3v) is 5.41. The fraction of sp³-hybridized carbons (Fsp3) is 0. The summed E-state index contributed by atoms with van der Waals surface area (Å²) < 4.78 is 59.9. The van der Waals surface area contributed by atoms with E-state index in [4.69, 9.17) is 10.3 Å². The molecule has 3 rings (SSSR count). The van der Waals surface area contributed by atoms with Crippen molar-refractivity contribution >= 4 is 43.2 Å². The van der Waals surface area contributed by atoms with Crippen LogP contribution in [0.25, 0.3) is 0 Å². The lowest BCUT2D eigenvalue weighted by Gasteiger charge is -2.10. The largest absolute Gasteiger partial charge is 0.338 e. The minimum Gasteiger partial charge on any atom is -0.338 e. The summed E-state index contributed by atoms with van der Waals surface area (Å²) >= 11 is 0. The van der Waals surface area contributed by atoms with Gasteiger partial charge < -0.3 is 10.6 Å². The predicted octanol–water partition coefficient (Wildman–Crippen LogP) is 1.40. The number of sulfonamides is 2. The van der Waals surface area contributed by atoms with Gasteiger partial charge in [0.05, 0.1) is 16.0 Å². The number of hydrogen-bond acceptors (Lipinski definition) is 8. The zero-order valence-corrected chi connectivity index (χ0v) is 16.2. The predicted molar refractivity (Wildman–Crippen MR) is 104 cm³/mol. The molecule has 10 nitrogen and oxygen atoms in total. The molecule has 1 aromatic heterocycles. The van der Waals surface area contributed by atoms with Crippen molar-refractivity contribution in [2.75, 3.05) is 10.6 Å². The Morgan fingerprint density at radius 1 is 0.828 bits per heavy atom. The number of halogens is 1. The van der Waals surface area contributed by atoms with E-state index in [1.807, 2.05) is 0 Å². The molecule has 1 heterocycles. The first-order chi connectivity index (χ1) is 13.5. The smallest absolute Gasteiger partial charge is 0.238 e. The third-order valence-electron chi connectivity index (χ3n) is 3.59. The van der Waals surface area contributed by atoms with Gasteiger partial charge in [-0.1, -0.05) is 12.1 Å². The molecule has 0 fully saturated rings. The van der Waals surface area contributed by atoms with Crippen molar-refractivity contribution in [1.82, 2.24) is 9.97 Å². The second kappa shape index (κ2) is 7.71. The average Bonchev–Trinajstić information content (AvgIpc) is 2.64. The summed E-state index contributed by atoms with van der Waals surface area (Å²) in [6.07, 6.45) is 0.894. The minimum atomic E-state index is -3.93. The molecule has 0 saturated carbocycles. The number of benzene rings is 2. The Bertz CT molecular complexity index is 1280. The van der Waals surface area contributed by atoms with Gasteiger partial charge in [0.25, 0.3) is 0 Å². The van der Waals surface area contributed by atoms with Crippen LogP contribution in [0.4, 0.5) is 27.5 Å². The lowest BCUT2D eigenvalue weighted by molar-refractivity contribution is 0.596. The Morgan fingerprint density at radius 3 is 1.86 bits per heavy atom. The first kappa shape index (κ1) is 20.6. The molecular formula is C16H15FN6O4S2. The quantitative estimate of drug-likeness (QED) is 0.447. The maximum Gasteiger partial charge on any atom is 0.238 e. The first-order valence-electron chi connectivity index (χ1n) is 7.85. The van der Waals surface area contributed by atoms with Crippen LogP contribution in [0.2, 0.25) is 0 Å². The standard InChI is InChI=1S/C16H15FN6O4S2/c17-14-9-20-16(22-11-4-2-6-13(8-11)29(19,26)27)23-15(14)21-10-3-1-5-12(7-10)28(18,24)25/h1-9H,(H2,18,24,25)(H2,19,26,27)(H2,20,21,22,23). The fourth-order valence-corrected chi connectivity index (χ4v) is 3.40. The zero-order valence-electron chi connectivity index (χ0n) is 14.6. The van der Waals surface area contributed by atoms with Crippen LogP contribution in [-0.2, 0) is 20.0 Å². The van der Waals surface area contributed by atoms with E-state index in [1.165, 1.54) is 42.5 Å². The number of rotatable bonds is 6. The Hall–Kier alpha value is -3.13. The average molecular weight is 438 g/mol. The molecule has 0 aliphatic carbocycles. The van der Waals surface area contributed by atoms with E-state index in [0.717, 1.165) is 6.20 Å². The van der Waals surface area contributed by atoms with Crippen molar-refractivity contribution in [3.63, 3.8) is 0 Å². The monoisotopic (exact) mass is 438 g/mol. The van der Waals surface area contributed by atoms with Crippen LogP contribution in [0.1, 0.15) is 0 Å². The lowest BCUT2D eigenvalue weighted by atomic mass is 10.3. The van der Waals surface area contributed by atoms with E-state index in [-0.39, 0.29) is 27.2 Å². The highest BCUT2D eigenvalue weighted by Crippen LogP contribution is 2.23. The SMILES string of the molecule is NS(=O)(=O)c1cccc(Nc2ncc(F)c(Nc3cccc(S(N)(=O)=O)c3)n2)c1. The topological polar surface area (TPSA) is 170 Å². The molecule has 0 aliphatic heterocycles. The summed E-state index contributed by atoms with van der Waals surface area (Å²) in [5, 5.41) is 15.6. The molecule has 0 bridgehead atoms. The second-order valence-electron chi connectivity index (χ2n) is 5.79. The Labute approximate surface area is 165 Å². The highest BCUT2D eigenvalue weighted by molar-refractivity contribution is 7.89. The Balaban J connectivity index is 1.88. The van der Waals surface area contributed by atoms with Crippen molar-refractivity contribution in [2.24, 2.45) is 10.3 Å². The molecule has 3 aromatic rings. The number of primary sulfonamides is 2. The van der Waals surface area contributed by atoms with Crippen LogP contribution >= 0.6 is 0 Å². The maximum absolute atomic E-state index is 14.1. The minimum absolute atomic E-state index is 0.0388. The molecule has 0 unspecified atom stereocenters. The molecule has 0 spiro atoms. The third kappa shape index (κ3) is 5.23. The van der Waals surface area contributed by atoms with E-state index in [1.54, 1.807) is 6.07 Å². The van der Waals surface area contributed by atoms with Gasteiger partial charge in [-0.25, -0.2) is 36.5 Å². The van der Waals surface area contributed by atoms with Crippen molar-refractivity contribution in [3.05, 3.63) is 60.5 Å². The van der Waals surface area contributed by atoms with Crippen molar-refractivity contribution in [1.29, 1.82) is 0 Å². The molecule has 29 heavy (non-hydrogen) atoms. The van der Waals surface area contributed by atoms with Gasteiger partial charge in [-0.2, -0.15) is 4.98 Å². The van der Waals surface area contributed by atoms with Crippen molar-refractivity contribution < 1.29 is 21.2 Å². The number of anilines is 4. The maximum atomic E-state index is 14.1. The van der Waals surface area contributed by atoms with Gasteiger partial charge in [0, 0.05) is 11.4 Å². The molecule has 152 valence electrons. The zero-order chi connectivity index (χ0) is 21.2. The number of nitrogens with one attached hydrogen (secondary N) is 2. The van der Waals surface area contributed by atoms with Gasteiger partial charge in [0.1, 0.15) is 0 Å². The van der Waals surface area contributed by atoms with E-state index in [0.29, 0.717) is 5.69 Å². The summed E-state index contributed by atoms with van der Waals surface area (Å²) in [7, 11) is -7.83. The summed E-state index contributed by atoms with van der Waals surface area (Å²) in [6.45, 7) is 0. The van der Waals surface area contributed by atoms with Gasteiger partial charge >= 0.3 is 0 Å². The molecule has 0 amide bonds.